The van der Waals surface area contributed by atoms with E-state index in [4.69, 9.17) is 4.74 Å². The molecule has 0 saturated carbocycles. The minimum absolute atomic E-state index is 0. The molecule has 1 atom stereocenters. The van der Waals surface area contributed by atoms with Crippen LogP contribution < -0.4 is 15.4 Å². The molecule has 2 aromatic rings. The molecule has 3 rings (SSSR count). The lowest BCUT2D eigenvalue weighted by molar-refractivity contribution is -0.118. The van der Waals surface area contributed by atoms with Gasteiger partial charge in [-0.25, -0.2) is 13.2 Å². The first-order valence-corrected chi connectivity index (χ1v) is 8.92. The Morgan fingerprint density at radius 1 is 1.20 bits per heavy atom. The summed E-state index contributed by atoms with van der Waals surface area (Å²) in [6.07, 6.45) is -0.940. The zero-order chi connectivity index (χ0) is 21.3. The zero-order valence-corrected chi connectivity index (χ0v) is 17.1. The highest BCUT2D eigenvalue weighted by Gasteiger charge is 2.26. The van der Waals surface area contributed by atoms with Crippen LogP contribution in [0.15, 0.2) is 24.3 Å². The molecule has 1 aliphatic heterocycles. The molecule has 0 aliphatic carbocycles. The van der Waals surface area contributed by atoms with Crippen LogP contribution in [-0.2, 0) is 11.2 Å². The number of β-amino-alcohol motifs (C(OH)–C–C–N with tert-alkyl or cyclic N) is 1. The van der Waals surface area contributed by atoms with Crippen molar-refractivity contribution in [3.05, 3.63) is 52.8 Å². The van der Waals surface area contributed by atoms with Crippen molar-refractivity contribution in [2.45, 2.75) is 31.9 Å². The lowest BCUT2D eigenvalue weighted by atomic mass is 9.94. The van der Waals surface area contributed by atoms with Crippen LogP contribution in [0.2, 0.25) is 0 Å². The van der Waals surface area contributed by atoms with Gasteiger partial charge < -0.3 is 25.6 Å². The van der Waals surface area contributed by atoms with E-state index in [1.807, 2.05) is 0 Å². The third kappa shape index (κ3) is 5.35. The fourth-order valence-corrected chi connectivity index (χ4v) is 3.23. The second-order valence-electron chi connectivity index (χ2n) is 7.58. The highest BCUT2D eigenvalue weighted by molar-refractivity contribution is 5.96. The highest BCUT2D eigenvalue weighted by Crippen LogP contribution is 2.38. The summed E-state index contributed by atoms with van der Waals surface area (Å²) in [7, 11) is 0. The van der Waals surface area contributed by atoms with Crippen LogP contribution in [0.25, 0.3) is 0 Å². The number of phenolic OH excluding ortho intramolecular Hbond substituents is 1. The number of hydrogen-bond acceptors (Lipinski definition) is 5. The number of carbonyl (C=O) groups is 1. The summed E-state index contributed by atoms with van der Waals surface area (Å²) in [5.74, 6) is -4.31. The van der Waals surface area contributed by atoms with E-state index in [9.17, 15) is 28.2 Å². The average molecular weight is 447 g/mol. The van der Waals surface area contributed by atoms with Crippen molar-refractivity contribution in [3.63, 3.8) is 0 Å². The molecule has 0 fully saturated rings. The van der Waals surface area contributed by atoms with Crippen molar-refractivity contribution < 1.29 is 32.9 Å². The molecular formula is C20H22ClF3N2O4. The van der Waals surface area contributed by atoms with Crippen LogP contribution in [0.1, 0.15) is 31.1 Å². The fourth-order valence-electron chi connectivity index (χ4n) is 3.23. The third-order valence-corrected chi connectivity index (χ3v) is 4.55. The van der Waals surface area contributed by atoms with Gasteiger partial charge in [0.25, 0.3) is 5.91 Å². The number of anilines is 1. The van der Waals surface area contributed by atoms with Crippen molar-refractivity contribution in [2.75, 3.05) is 18.5 Å². The van der Waals surface area contributed by atoms with Crippen LogP contribution in [0, 0.1) is 17.5 Å². The maximum Gasteiger partial charge on any atom is 0.262 e. The maximum atomic E-state index is 13.4. The van der Waals surface area contributed by atoms with Crippen molar-refractivity contribution in [1.82, 2.24) is 5.32 Å². The molecule has 0 spiro atoms. The summed E-state index contributed by atoms with van der Waals surface area (Å²) in [6.45, 7) is 3.32. The van der Waals surface area contributed by atoms with Gasteiger partial charge in [0, 0.05) is 23.7 Å². The second kappa shape index (κ2) is 9.11. The molecule has 1 unspecified atom stereocenters. The number of nitrogens with one attached hydrogen (secondary N) is 2. The van der Waals surface area contributed by atoms with Crippen LogP contribution in [0.4, 0.5) is 18.9 Å². The van der Waals surface area contributed by atoms with E-state index in [1.165, 1.54) is 12.1 Å². The molecule has 4 N–H and O–H groups in total. The van der Waals surface area contributed by atoms with Gasteiger partial charge in [-0.1, -0.05) is 0 Å². The predicted octanol–water partition coefficient (Wildman–Crippen LogP) is 3.21. The molecule has 164 valence electrons. The van der Waals surface area contributed by atoms with E-state index in [0.717, 1.165) is 12.1 Å². The van der Waals surface area contributed by atoms with Crippen molar-refractivity contribution in [2.24, 2.45) is 0 Å². The molecule has 6 nitrogen and oxygen atoms in total. The largest absolute Gasteiger partial charge is 0.508 e. The van der Waals surface area contributed by atoms with Gasteiger partial charge in [0.1, 0.15) is 11.5 Å². The van der Waals surface area contributed by atoms with Gasteiger partial charge in [-0.15, -0.1) is 12.4 Å². The molecule has 10 heteroatoms. The van der Waals surface area contributed by atoms with Crippen LogP contribution in [0.3, 0.4) is 0 Å². The Morgan fingerprint density at radius 2 is 1.83 bits per heavy atom. The highest BCUT2D eigenvalue weighted by atomic mass is 35.5. The van der Waals surface area contributed by atoms with Gasteiger partial charge in [0.05, 0.1) is 11.8 Å². The van der Waals surface area contributed by atoms with Crippen molar-refractivity contribution in [1.29, 1.82) is 0 Å². The standard InChI is InChI=1S/C20H21F3N2O4.ClH/c1-20(2,7-10-3-13(21)18(23)14(22)4-10)24-8-16(27)12-5-11(26)6-15-19(12)29-9-17(28)25-15;/h3-6,16,24,26-27H,7-9H2,1-2H3,(H,25,28);1H. The first-order chi connectivity index (χ1) is 13.6. The van der Waals surface area contributed by atoms with Gasteiger partial charge >= 0.3 is 0 Å². The summed E-state index contributed by atoms with van der Waals surface area (Å²) in [5.41, 5.74) is 0.0899. The van der Waals surface area contributed by atoms with Crippen LogP contribution in [0.5, 0.6) is 11.5 Å². The normalized spacial score (nSPS) is 14.3. The summed E-state index contributed by atoms with van der Waals surface area (Å²) >= 11 is 0. The lowest BCUT2D eigenvalue weighted by Crippen LogP contribution is -2.43. The Hall–Kier alpha value is -2.49. The van der Waals surface area contributed by atoms with E-state index in [0.29, 0.717) is 0 Å². The van der Waals surface area contributed by atoms with Crippen molar-refractivity contribution >= 4 is 24.0 Å². The summed E-state index contributed by atoms with van der Waals surface area (Å²) < 4.78 is 45.4. The molecule has 1 amide bonds. The number of ether oxygens (including phenoxy) is 1. The fraction of sp³-hybridized carbons (Fsp3) is 0.350. The maximum absolute atomic E-state index is 13.4. The Morgan fingerprint density at radius 3 is 2.47 bits per heavy atom. The number of hydrogen-bond donors (Lipinski definition) is 4. The Balaban J connectivity index is 0.00000320. The number of aliphatic hydroxyl groups excluding tert-OH is 1. The van der Waals surface area contributed by atoms with Crippen LogP contribution >= 0.6 is 12.4 Å². The second-order valence-corrected chi connectivity index (χ2v) is 7.58. The number of aliphatic hydroxyl groups is 1. The molecule has 0 radical (unpaired) electrons. The van der Waals surface area contributed by atoms with Gasteiger partial charge in [0.15, 0.2) is 24.1 Å². The van der Waals surface area contributed by atoms with Gasteiger partial charge in [-0.05, 0) is 44.0 Å². The molecule has 0 bridgehead atoms. The first-order valence-electron chi connectivity index (χ1n) is 8.92. The quantitative estimate of drug-likeness (QED) is 0.512. The summed E-state index contributed by atoms with van der Waals surface area (Å²) in [4.78, 5) is 11.4. The SMILES string of the molecule is CC(C)(Cc1cc(F)c(F)c(F)c1)NCC(O)c1cc(O)cc2c1OCC(=O)N2.Cl. The van der Waals surface area contributed by atoms with Crippen LogP contribution in [-0.4, -0.2) is 34.8 Å². The van der Waals surface area contributed by atoms with Gasteiger partial charge in [-0.2, -0.15) is 0 Å². The number of rotatable bonds is 6. The number of benzene rings is 2. The van der Waals surface area contributed by atoms with Crippen molar-refractivity contribution in [3.8, 4) is 11.5 Å². The Kier molecular flexibility index (Phi) is 7.23. The lowest BCUT2D eigenvalue weighted by Gasteiger charge is -2.29. The Bertz CT molecular complexity index is 933. The molecule has 0 saturated heterocycles. The molecule has 0 aromatic heterocycles. The van der Waals surface area contributed by atoms with E-state index in [-0.39, 0.29) is 66.2 Å². The van der Waals surface area contributed by atoms with E-state index in [1.54, 1.807) is 13.8 Å². The monoisotopic (exact) mass is 446 g/mol. The number of halogens is 4. The summed E-state index contributed by atoms with van der Waals surface area (Å²) in [6, 6.07) is 4.51. The van der Waals surface area contributed by atoms with E-state index in [2.05, 4.69) is 10.6 Å². The number of phenols is 1. The average Bonchev–Trinajstić information content (AvgIpc) is 2.62. The minimum atomic E-state index is -1.52. The molecule has 2 aromatic carbocycles. The topological polar surface area (TPSA) is 90.8 Å². The number of fused-ring (bicyclic) bond motifs is 1. The third-order valence-electron chi connectivity index (χ3n) is 4.55. The van der Waals surface area contributed by atoms with Gasteiger partial charge in [0.2, 0.25) is 0 Å². The smallest absolute Gasteiger partial charge is 0.262 e. The number of carbonyl (C=O) groups excluding carboxylic acids is 1. The van der Waals surface area contributed by atoms with E-state index >= 15 is 0 Å². The number of aromatic hydroxyl groups is 1. The predicted molar refractivity (Wildman–Crippen MR) is 107 cm³/mol. The minimum Gasteiger partial charge on any atom is -0.508 e. The first kappa shape index (κ1) is 23.8. The number of amides is 1. The Labute approximate surface area is 177 Å². The molecule has 1 aliphatic rings. The van der Waals surface area contributed by atoms with Gasteiger partial charge in [-0.3, -0.25) is 4.79 Å². The molecular weight excluding hydrogens is 425 g/mol. The summed E-state index contributed by atoms with van der Waals surface area (Å²) in [5, 5.41) is 26.1. The zero-order valence-electron chi connectivity index (χ0n) is 16.3. The molecule has 1 heterocycles. The van der Waals surface area contributed by atoms with E-state index < -0.39 is 29.1 Å². The molecule has 30 heavy (non-hydrogen) atoms.